The van der Waals surface area contributed by atoms with Gasteiger partial charge in [0.25, 0.3) is 11.8 Å². The standard InChI is InChI=1S/C21H25N5O3S/c1-3-4-5-6-11-29-17-9-7-15(8-10-17)19(27)24-25-20(28)18-14-30-21(23-18)16-12-22-26(2)13-16/h7-10,12-14H,3-6,11H2,1-2H3,(H,24,27)(H,25,28). The molecule has 2 N–H and O–H groups in total. The fourth-order valence-electron chi connectivity index (χ4n) is 2.71. The zero-order valence-electron chi connectivity index (χ0n) is 17.1. The Labute approximate surface area is 179 Å². The Bertz CT molecular complexity index is 981. The van der Waals surface area contributed by atoms with Crippen molar-refractivity contribution in [1.82, 2.24) is 25.6 Å². The van der Waals surface area contributed by atoms with Gasteiger partial charge in [-0.1, -0.05) is 26.2 Å². The number of benzene rings is 1. The first-order valence-electron chi connectivity index (χ1n) is 9.85. The molecule has 0 spiro atoms. The Morgan fingerprint density at radius 3 is 2.57 bits per heavy atom. The van der Waals surface area contributed by atoms with E-state index in [0.29, 0.717) is 17.2 Å². The van der Waals surface area contributed by atoms with E-state index in [1.165, 1.54) is 24.2 Å². The van der Waals surface area contributed by atoms with Crippen LogP contribution in [0.1, 0.15) is 53.5 Å². The first-order valence-corrected chi connectivity index (χ1v) is 10.7. The monoisotopic (exact) mass is 427 g/mol. The lowest BCUT2D eigenvalue weighted by molar-refractivity contribution is 0.0844. The normalized spacial score (nSPS) is 10.6. The summed E-state index contributed by atoms with van der Waals surface area (Å²) in [4.78, 5) is 28.8. The van der Waals surface area contributed by atoms with Crippen LogP contribution in [0.4, 0.5) is 0 Å². The van der Waals surface area contributed by atoms with Crippen LogP contribution in [-0.2, 0) is 7.05 Å². The summed E-state index contributed by atoms with van der Waals surface area (Å²) in [5.41, 5.74) is 6.27. The predicted molar refractivity (Wildman–Crippen MR) is 115 cm³/mol. The Kier molecular flexibility index (Phi) is 7.56. The molecule has 30 heavy (non-hydrogen) atoms. The molecule has 0 unspecified atom stereocenters. The van der Waals surface area contributed by atoms with Gasteiger partial charge in [-0.25, -0.2) is 4.98 Å². The molecule has 0 bridgehead atoms. The van der Waals surface area contributed by atoms with Crippen molar-refractivity contribution in [1.29, 1.82) is 0 Å². The van der Waals surface area contributed by atoms with Crippen molar-refractivity contribution >= 4 is 23.2 Å². The van der Waals surface area contributed by atoms with E-state index in [1.807, 2.05) is 13.2 Å². The highest BCUT2D eigenvalue weighted by Crippen LogP contribution is 2.22. The second-order valence-electron chi connectivity index (χ2n) is 6.78. The van der Waals surface area contributed by atoms with E-state index in [2.05, 4.69) is 27.9 Å². The van der Waals surface area contributed by atoms with Crippen molar-refractivity contribution in [3.05, 3.63) is 53.3 Å². The minimum Gasteiger partial charge on any atom is -0.494 e. The Morgan fingerprint density at radius 2 is 1.87 bits per heavy atom. The second-order valence-corrected chi connectivity index (χ2v) is 7.64. The minimum absolute atomic E-state index is 0.228. The van der Waals surface area contributed by atoms with Crippen LogP contribution in [0.5, 0.6) is 5.75 Å². The molecule has 8 nitrogen and oxygen atoms in total. The lowest BCUT2D eigenvalue weighted by Crippen LogP contribution is -2.41. The molecular formula is C21H25N5O3S. The summed E-state index contributed by atoms with van der Waals surface area (Å²) in [5.74, 6) is -0.181. The van der Waals surface area contributed by atoms with Gasteiger partial charge in [-0.15, -0.1) is 11.3 Å². The number of ether oxygens (including phenoxy) is 1. The molecule has 1 aromatic carbocycles. The van der Waals surface area contributed by atoms with E-state index >= 15 is 0 Å². The van der Waals surface area contributed by atoms with Crippen LogP contribution in [-0.4, -0.2) is 33.2 Å². The number of hydrazine groups is 1. The largest absolute Gasteiger partial charge is 0.494 e. The van der Waals surface area contributed by atoms with Crippen LogP contribution in [0.15, 0.2) is 42.0 Å². The molecule has 0 aliphatic rings. The van der Waals surface area contributed by atoms with Gasteiger partial charge in [-0.3, -0.25) is 25.1 Å². The van der Waals surface area contributed by atoms with E-state index in [0.717, 1.165) is 24.2 Å². The summed E-state index contributed by atoms with van der Waals surface area (Å²) >= 11 is 1.34. The predicted octanol–water partition coefficient (Wildman–Crippen LogP) is 3.58. The summed E-state index contributed by atoms with van der Waals surface area (Å²) in [5, 5.41) is 6.41. The Hall–Kier alpha value is -3.20. The molecule has 3 aromatic rings. The number of rotatable bonds is 9. The van der Waals surface area contributed by atoms with Gasteiger partial charge in [0.2, 0.25) is 0 Å². The van der Waals surface area contributed by atoms with E-state index in [-0.39, 0.29) is 5.69 Å². The number of aromatic nitrogens is 3. The maximum absolute atomic E-state index is 12.3. The molecule has 0 aliphatic carbocycles. The van der Waals surface area contributed by atoms with Crippen LogP contribution in [0, 0.1) is 0 Å². The van der Waals surface area contributed by atoms with Crippen molar-refractivity contribution < 1.29 is 14.3 Å². The van der Waals surface area contributed by atoms with Gasteiger partial charge in [0.1, 0.15) is 16.5 Å². The quantitative estimate of drug-likeness (QED) is 0.402. The number of hydrogen-bond donors (Lipinski definition) is 2. The number of hydrogen-bond acceptors (Lipinski definition) is 6. The zero-order valence-corrected chi connectivity index (χ0v) is 17.9. The summed E-state index contributed by atoms with van der Waals surface area (Å²) in [7, 11) is 1.81. The first-order chi connectivity index (χ1) is 14.6. The van der Waals surface area contributed by atoms with Gasteiger partial charge in [0.15, 0.2) is 0 Å². The van der Waals surface area contributed by atoms with E-state index in [9.17, 15) is 9.59 Å². The number of nitrogens with zero attached hydrogens (tertiary/aromatic N) is 3. The van der Waals surface area contributed by atoms with Gasteiger partial charge in [0, 0.05) is 29.8 Å². The molecule has 3 rings (SSSR count). The molecule has 158 valence electrons. The van der Waals surface area contributed by atoms with Crippen molar-refractivity contribution in [2.45, 2.75) is 32.6 Å². The highest BCUT2D eigenvalue weighted by Gasteiger charge is 2.14. The highest BCUT2D eigenvalue weighted by atomic mass is 32.1. The summed E-state index contributed by atoms with van der Waals surface area (Å²) in [6.07, 6.45) is 8.07. The number of thiazole rings is 1. The average molecular weight is 428 g/mol. The zero-order chi connectivity index (χ0) is 21.3. The molecule has 2 amide bonds. The van der Waals surface area contributed by atoms with Crippen LogP contribution in [0.2, 0.25) is 0 Å². The highest BCUT2D eigenvalue weighted by molar-refractivity contribution is 7.13. The lowest BCUT2D eigenvalue weighted by Gasteiger charge is -2.08. The Balaban J connectivity index is 1.47. The molecule has 0 saturated heterocycles. The number of carbonyl (C=O) groups is 2. The van der Waals surface area contributed by atoms with E-state index < -0.39 is 11.8 Å². The number of amides is 2. The van der Waals surface area contributed by atoms with Crippen molar-refractivity contribution in [2.75, 3.05) is 6.61 Å². The number of carbonyl (C=O) groups excluding carboxylic acids is 2. The van der Waals surface area contributed by atoms with E-state index in [1.54, 1.807) is 40.5 Å². The maximum Gasteiger partial charge on any atom is 0.289 e. The molecule has 0 radical (unpaired) electrons. The number of nitrogens with one attached hydrogen (secondary N) is 2. The summed E-state index contributed by atoms with van der Waals surface area (Å²) in [6.45, 7) is 2.83. The van der Waals surface area contributed by atoms with Crippen LogP contribution in [0.25, 0.3) is 10.6 Å². The molecule has 0 saturated carbocycles. The molecule has 9 heteroatoms. The third-order valence-electron chi connectivity index (χ3n) is 4.36. The summed E-state index contributed by atoms with van der Waals surface area (Å²) < 4.78 is 7.34. The van der Waals surface area contributed by atoms with Crippen molar-refractivity contribution in [3.63, 3.8) is 0 Å². The minimum atomic E-state index is -0.484. The fourth-order valence-corrected chi connectivity index (χ4v) is 3.49. The van der Waals surface area contributed by atoms with Gasteiger partial charge in [0.05, 0.1) is 12.8 Å². The van der Waals surface area contributed by atoms with Crippen molar-refractivity contribution in [3.8, 4) is 16.3 Å². The SMILES string of the molecule is CCCCCCOc1ccc(C(=O)NNC(=O)c2csc(-c3cnn(C)c3)n2)cc1. The third kappa shape index (κ3) is 5.90. The molecule has 0 atom stereocenters. The maximum atomic E-state index is 12.3. The topological polar surface area (TPSA) is 98.1 Å². The molecule has 2 aromatic heterocycles. The Morgan fingerprint density at radius 1 is 1.10 bits per heavy atom. The van der Waals surface area contributed by atoms with Crippen molar-refractivity contribution in [2.24, 2.45) is 7.05 Å². The van der Waals surface area contributed by atoms with Gasteiger partial charge < -0.3 is 4.74 Å². The fraction of sp³-hybridized carbons (Fsp3) is 0.333. The average Bonchev–Trinajstić information content (AvgIpc) is 3.41. The smallest absolute Gasteiger partial charge is 0.289 e. The second kappa shape index (κ2) is 10.5. The summed E-state index contributed by atoms with van der Waals surface area (Å²) in [6, 6.07) is 6.81. The molecule has 0 aliphatic heterocycles. The van der Waals surface area contributed by atoms with Gasteiger partial charge in [-0.05, 0) is 30.7 Å². The number of aryl methyl sites for hydroxylation is 1. The lowest BCUT2D eigenvalue weighted by atomic mass is 10.2. The molecule has 0 fully saturated rings. The van der Waals surface area contributed by atoms with Crippen LogP contribution >= 0.6 is 11.3 Å². The molecular weight excluding hydrogens is 402 g/mol. The van der Waals surface area contributed by atoms with Crippen LogP contribution < -0.4 is 15.6 Å². The van der Waals surface area contributed by atoms with Gasteiger partial charge in [-0.2, -0.15) is 5.10 Å². The number of unbranched alkanes of at least 4 members (excludes halogenated alkanes) is 3. The van der Waals surface area contributed by atoms with Crippen LogP contribution in [0.3, 0.4) is 0 Å². The first kappa shape index (κ1) is 21.5. The van der Waals surface area contributed by atoms with E-state index in [4.69, 9.17) is 4.74 Å². The molecule has 2 heterocycles. The third-order valence-corrected chi connectivity index (χ3v) is 5.25. The van der Waals surface area contributed by atoms with Gasteiger partial charge >= 0.3 is 0 Å².